The minimum atomic E-state index is -0.0673. The van der Waals surface area contributed by atoms with E-state index >= 15 is 0 Å². The van der Waals surface area contributed by atoms with Crippen LogP contribution in [0.3, 0.4) is 0 Å². The zero-order chi connectivity index (χ0) is 36.9. The van der Waals surface area contributed by atoms with E-state index in [1.807, 2.05) is 0 Å². The second kappa shape index (κ2) is 11.8. The largest absolute Gasteiger partial charge is 0.310 e. The number of fused-ring (bicyclic) bond motifs is 8. The molecule has 266 valence electrons. The van der Waals surface area contributed by atoms with Gasteiger partial charge >= 0.3 is 0 Å². The Labute approximate surface area is 317 Å². The fraction of sp³-hybridized carbons (Fsp3) is 0.308. The fourth-order valence-corrected chi connectivity index (χ4v) is 10.0. The summed E-state index contributed by atoms with van der Waals surface area (Å²) in [4.78, 5) is 2.54. The molecule has 1 saturated carbocycles. The summed E-state index contributed by atoms with van der Waals surface area (Å²) in [7, 11) is 0. The lowest BCUT2D eigenvalue weighted by Crippen LogP contribution is -2.21. The summed E-state index contributed by atoms with van der Waals surface area (Å²) in [5.41, 5.74) is 20.5. The summed E-state index contributed by atoms with van der Waals surface area (Å²) in [6.07, 6.45) is 5.03. The predicted octanol–water partition coefficient (Wildman–Crippen LogP) is 14.6. The highest BCUT2D eigenvalue weighted by Crippen LogP contribution is 2.58. The highest BCUT2D eigenvalue weighted by molar-refractivity contribution is 5.90. The summed E-state index contributed by atoms with van der Waals surface area (Å²) in [6, 6.07) is 49.1. The average molecular weight is 692 g/mol. The number of hydrogen-bond acceptors (Lipinski definition) is 1. The number of benzene rings is 6. The van der Waals surface area contributed by atoms with Gasteiger partial charge < -0.3 is 4.90 Å². The Balaban J connectivity index is 1.22. The topological polar surface area (TPSA) is 3.24 Å². The smallest absolute Gasteiger partial charge is 0.0467 e. The number of nitrogens with zero attached hydrogens (tertiary/aromatic N) is 1. The van der Waals surface area contributed by atoms with Gasteiger partial charge in [0.25, 0.3) is 0 Å². The summed E-state index contributed by atoms with van der Waals surface area (Å²) in [5.74, 6) is 0. The Kier molecular flexibility index (Phi) is 7.56. The molecular formula is C52H53N. The molecule has 0 bridgehead atoms. The van der Waals surface area contributed by atoms with E-state index in [-0.39, 0.29) is 21.7 Å². The lowest BCUT2D eigenvalue weighted by Gasteiger charge is -2.32. The van der Waals surface area contributed by atoms with Crippen molar-refractivity contribution in [3.63, 3.8) is 0 Å². The molecule has 0 radical (unpaired) electrons. The van der Waals surface area contributed by atoms with Crippen molar-refractivity contribution in [3.8, 4) is 33.4 Å². The van der Waals surface area contributed by atoms with Crippen LogP contribution in [-0.4, -0.2) is 0 Å². The van der Waals surface area contributed by atoms with Crippen LogP contribution in [0, 0.1) is 0 Å². The highest BCUT2D eigenvalue weighted by atomic mass is 15.1. The van der Waals surface area contributed by atoms with Crippen molar-refractivity contribution in [2.45, 2.75) is 103 Å². The van der Waals surface area contributed by atoms with Gasteiger partial charge in [0.05, 0.1) is 0 Å². The molecule has 9 rings (SSSR count). The highest BCUT2D eigenvalue weighted by Gasteiger charge is 2.45. The molecule has 0 atom stereocenters. The van der Waals surface area contributed by atoms with E-state index in [2.05, 4.69) is 188 Å². The van der Waals surface area contributed by atoms with Crippen molar-refractivity contribution >= 4 is 17.1 Å². The van der Waals surface area contributed by atoms with E-state index in [1.54, 1.807) is 0 Å². The molecule has 3 aliphatic rings. The molecule has 6 aromatic carbocycles. The van der Waals surface area contributed by atoms with Crippen LogP contribution < -0.4 is 4.90 Å². The van der Waals surface area contributed by atoms with Gasteiger partial charge in [0.15, 0.2) is 0 Å². The summed E-state index contributed by atoms with van der Waals surface area (Å²) < 4.78 is 0. The molecule has 0 aliphatic heterocycles. The maximum Gasteiger partial charge on any atom is 0.0467 e. The van der Waals surface area contributed by atoms with E-state index in [9.17, 15) is 0 Å². The first-order valence-corrected chi connectivity index (χ1v) is 19.8. The predicted molar refractivity (Wildman–Crippen MR) is 226 cm³/mol. The van der Waals surface area contributed by atoms with Crippen molar-refractivity contribution in [2.24, 2.45) is 0 Å². The van der Waals surface area contributed by atoms with Gasteiger partial charge in [-0.05, 0) is 127 Å². The first-order chi connectivity index (χ1) is 25.3. The molecular weight excluding hydrogens is 639 g/mol. The number of anilines is 3. The molecule has 6 aromatic rings. The lowest BCUT2D eigenvalue weighted by atomic mass is 9.76. The van der Waals surface area contributed by atoms with E-state index in [0.29, 0.717) is 0 Å². The van der Waals surface area contributed by atoms with Crippen LogP contribution in [0.15, 0.2) is 127 Å². The van der Waals surface area contributed by atoms with Crippen LogP contribution in [0.25, 0.3) is 33.4 Å². The van der Waals surface area contributed by atoms with Crippen LogP contribution >= 0.6 is 0 Å². The van der Waals surface area contributed by atoms with E-state index in [0.717, 1.165) is 0 Å². The Morgan fingerprint density at radius 1 is 0.453 bits per heavy atom. The van der Waals surface area contributed by atoms with Gasteiger partial charge in [-0.15, -0.1) is 0 Å². The van der Waals surface area contributed by atoms with Gasteiger partial charge in [0, 0.05) is 27.9 Å². The second-order valence-electron chi connectivity index (χ2n) is 18.6. The van der Waals surface area contributed by atoms with Gasteiger partial charge in [-0.3, -0.25) is 0 Å². The molecule has 53 heavy (non-hydrogen) atoms. The number of hydrogen-bond donors (Lipinski definition) is 0. The Morgan fingerprint density at radius 2 is 0.981 bits per heavy atom. The normalized spacial score (nSPS) is 16.3. The van der Waals surface area contributed by atoms with Gasteiger partial charge in [-0.25, -0.2) is 0 Å². The van der Waals surface area contributed by atoms with Crippen LogP contribution in [0.5, 0.6) is 0 Å². The maximum atomic E-state index is 2.55. The van der Waals surface area contributed by atoms with Gasteiger partial charge in [0.2, 0.25) is 0 Å². The molecule has 1 fully saturated rings. The maximum absolute atomic E-state index is 2.55. The van der Waals surface area contributed by atoms with Gasteiger partial charge in [-0.1, -0.05) is 159 Å². The van der Waals surface area contributed by atoms with Crippen molar-refractivity contribution in [1.29, 1.82) is 0 Å². The van der Waals surface area contributed by atoms with Crippen molar-refractivity contribution < 1.29 is 0 Å². The van der Waals surface area contributed by atoms with Gasteiger partial charge in [0.1, 0.15) is 0 Å². The zero-order valence-electron chi connectivity index (χ0n) is 32.9. The van der Waals surface area contributed by atoms with Crippen LogP contribution in [0.4, 0.5) is 17.1 Å². The van der Waals surface area contributed by atoms with Gasteiger partial charge in [-0.2, -0.15) is 0 Å². The molecule has 1 heteroatoms. The Bertz CT molecular complexity index is 2350. The first kappa shape index (κ1) is 33.9. The van der Waals surface area contributed by atoms with Crippen LogP contribution in [-0.2, 0) is 21.7 Å². The third-order valence-electron chi connectivity index (χ3n) is 12.9. The SMILES string of the molecule is CC(C)(C)c1cc(N(c2ccc(-c3cccc4c3C(C)(C)c3ccccc3-4)cc2)c2ccc3c(c2)C2(CCCC2)c2ccccc2-3)cc(C(C)(C)C)c1. The van der Waals surface area contributed by atoms with E-state index in [1.165, 1.54) is 110 Å². The lowest BCUT2D eigenvalue weighted by molar-refractivity contribution is 0.550. The van der Waals surface area contributed by atoms with Crippen LogP contribution in [0.2, 0.25) is 0 Å². The first-order valence-electron chi connectivity index (χ1n) is 19.8. The van der Waals surface area contributed by atoms with Crippen molar-refractivity contribution in [2.75, 3.05) is 4.90 Å². The zero-order valence-corrected chi connectivity index (χ0v) is 32.9. The Hall–Kier alpha value is -4.88. The van der Waals surface area contributed by atoms with Crippen molar-refractivity contribution in [1.82, 2.24) is 0 Å². The molecule has 0 unspecified atom stereocenters. The molecule has 0 saturated heterocycles. The van der Waals surface area contributed by atoms with E-state index in [4.69, 9.17) is 0 Å². The van der Waals surface area contributed by atoms with Crippen molar-refractivity contribution in [3.05, 3.63) is 161 Å². The third kappa shape index (κ3) is 5.25. The quantitative estimate of drug-likeness (QED) is 0.178. The fourth-order valence-electron chi connectivity index (χ4n) is 10.0. The standard InChI is InChI=1S/C52H53N/c1-49(2,3)35-30-36(50(4,5)6)32-39(31-35)53(38-26-27-43-41-16-10-12-21-46(41)52(47(43)33-38)28-13-14-29-52)37-24-22-34(23-25-37)40-18-15-19-44-42-17-9-11-20-45(42)51(7,8)48(40)44/h9-12,15-27,30-33H,13-14,28-29H2,1-8H3. The monoisotopic (exact) mass is 691 g/mol. The third-order valence-corrected chi connectivity index (χ3v) is 12.9. The molecule has 1 nitrogen and oxygen atoms in total. The molecule has 3 aliphatic carbocycles. The van der Waals surface area contributed by atoms with E-state index < -0.39 is 0 Å². The molecule has 0 heterocycles. The number of rotatable bonds is 4. The minimum Gasteiger partial charge on any atom is -0.310 e. The summed E-state index contributed by atoms with van der Waals surface area (Å²) in [5, 5.41) is 0. The average Bonchev–Trinajstić information content (AvgIpc) is 3.81. The summed E-state index contributed by atoms with van der Waals surface area (Å²) in [6.45, 7) is 18.8. The molecule has 0 N–H and O–H groups in total. The van der Waals surface area contributed by atoms with Crippen LogP contribution in [0.1, 0.15) is 114 Å². The molecule has 1 spiro atoms. The Morgan fingerprint density at radius 3 is 1.62 bits per heavy atom. The summed E-state index contributed by atoms with van der Waals surface area (Å²) >= 11 is 0. The molecule has 0 aromatic heterocycles. The molecule has 0 amide bonds. The minimum absolute atomic E-state index is 0.0110. The second-order valence-corrected chi connectivity index (χ2v) is 18.6.